The van der Waals surface area contributed by atoms with Crippen molar-refractivity contribution in [1.82, 2.24) is 30.4 Å². The van der Waals surface area contributed by atoms with E-state index in [4.69, 9.17) is 0 Å². The number of piperidine rings is 2. The summed E-state index contributed by atoms with van der Waals surface area (Å²) in [6.07, 6.45) is 3.84. The molecule has 0 radical (unpaired) electrons. The highest BCUT2D eigenvalue weighted by Crippen LogP contribution is 2.40. The molecule has 7 rings (SSSR count). The zero-order valence-electron chi connectivity index (χ0n) is 25.8. The van der Waals surface area contributed by atoms with Gasteiger partial charge in [0.25, 0.3) is 0 Å². The Morgan fingerprint density at radius 1 is 0.600 bits per heavy atom. The van der Waals surface area contributed by atoms with Crippen LogP contribution in [0.3, 0.4) is 0 Å². The van der Waals surface area contributed by atoms with Crippen molar-refractivity contribution >= 4 is 0 Å². The average Bonchev–Trinajstić information content (AvgIpc) is 3.67. The van der Waals surface area contributed by atoms with Crippen molar-refractivity contribution in [3.63, 3.8) is 0 Å². The maximum Gasteiger partial charge on any atom is 0.185 e. The van der Waals surface area contributed by atoms with Crippen LogP contribution in [-0.4, -0.2) is 56.6 Å². The van der Waals surface area contributed by atoms with Gasteiger partial charge in [-0.05, 0) is 61.0 Å². The summed E-state index contributed by atoms with van der Waals surface area (Å²) in [5.74, 6) is 0.813. The van der Waals surface area contributed by atoms with E-state index in [9.17, 15) is 5.26 Å². The smallest absolute Gasteiger partial charge is 0.185 e. The van der Waals surface area contributed by atoms with Gasteiger partial charge < -0.3 is 0 Å². The van der Waals surface area contributed by atoms with E-state index >= 15 is 0 Å². The summed E-state index contributed by atoms with van der Waals surface area (Å²) < 4.78 is 0. The SMILES string of the molecule is N#CC1(c2ccccc2)CCN(Cc2ccccc2)CC1.c1ccc(CN2CCC(c3ccccc3)(c3nn[nH]n3)CC2)cc1. The highest BCUT2D eigenvalue weighted by molar-refractivity contribution is 5.34. The molecule has 0 spiro atoms. The molecule has 0 saturated carbocycles. The molecule has 0 unspecified atom stereocenters. The second-order valence-corrected chi connectivity index (χ2v) is 12.3. The number of nitrogens with zero attached hydrogens (tertiary/aromatic N) is 6. The van der Waals surface area contributed by atoms with E-state index in [2.05, 4.69) is 140 Å². The first-order valence-electron chi connectivity index (χ1n) is 16.0. The van der Waals surface area contributed by atoms with E-state index in [0.29, 0.717) is 0 Å². The molecule has 1 N–H and O–H groups in total. The fourth-order valence-corrected chi connectivity index (χ4v) is 6.85. The fraction of sp³-hybridized carbons (Fsp3) is 0.316. The maximum atomic E-state index is 9.70. The molecule has 7 nitrogen and oxygen atoms in total. The van der Waals surface area contributed by atoms with E-state index in [1.165, 1.54) is 22.3 Å². The number of tetrazole rings is 1. The number of benzene rings is 4. The Morgan fingerprint density at radius 3 is 1.49 bits per heavy atom. The van der Waals surface area contributed by atoms with Gasteiger partial charge in [0.2, 0.25) is 0 Å². The van der Waals surface area contributed by atoms with Crippen LogP contribution >= 0.6 is 0 Å². The zero-order chi connectivity index (χ0) is 30.8. The van der Waals surface area contributed by atoms with Crippen molar-refractivity contribution in [3.8, 4) is 6.07 Å². The van der Waals surface area contributed by atoms with Gasteiger partial charge in [-0.3, -0.25) is 9.80 Å². The van der Waals surface area contributed by atoms with Crippen molar-refractivity contribution in [1.29, 1.82) is 5.26 Å². The van der Waals surface area contributed by atoms with Crippen molar-refractivity contribution in [2.24, 2.45) is 0 Å². The molecule has 45 heavy (non-hydrogen) atoms. The Labute approximate surface area is 266 Å². The minimum atomic E-state index is -0.297. The molecule has 5 aromatic rings. The van der Waals surface area contributed by atoms with E-state index in [1.807, 2.05) is 18.2 Å². The van der Waals surface area contributed by atoms with Crippen LogP contribution in [0.1, 0.15) is 53.8 Å². The van der Waals surface area contributed by atoms with Crippen LogP contribution < -0.4 is 0 Å². The number of likely N-dealkylation sites (tertiary alicyclic amines) is 2. The number of rotatable bonds is 7. The second-order valence-electron chi connectivity index (χ2n) is 12.3. The summed E-state index contributed by atoms with van der Waals surface area (Å²) >= 11 is 0. The normalized spacial score (nSPS) is 17.8. The number of hydrogen-bond donors (Lipinski definition) is 1. The molecular weight excluding hydrogens is 554 g/mol. The summed E-state index contributed by atoms with van der Waals surface area (Å²) in [6, 6.07) is 44.7. The number of aromatic amines is 1. The predicted molar refractivity (Wildman–Crippen MR) is 177 cm³/mol. The molecule has 2 aliphatic rings. The van der Waals surface area contributed by atoms with Crippen LogP contribution in [-0.2, 0) is 23.9 Å². The second kappa shape index (κ2) is 14.4. The van der Waals surface area contributed by atoms with Gasteiger partial charge in [-0.2, -0.15) is 10.5 Å². The monoisotopic (exact) mass is 595 g/mol. The number of H-pyrrole nitrogens is 1. The largest absolute Gasteiger partial charge is 0.299 e. The van der Waals surface area contributed by atoms with E-state index in [0.717, 1.165) is 70.8 Å². The van der Waals surface area contributed by atoms with Gasteiger partial charge in [0, 0.05) is 26.2 Å². The maximum absolute atomic E-state index is 9.70. The Kier molecular flexibility index (Phi) is 9.74. The Hall–Kier alpha value is -4.64. The molecule has 2 aliphatic heterocycles. The van der Waals surface area contributed by atoms with Crippen molar-refractivity contribution < 1.29 is 0 Å². The third-order valence-electron chi connectivity index (χ3n) is 9.56. The molecule has 3 heterocycles. The predicted octanol–water partition coefficient (Wildman–Crippen LogP) is 6.53. The lowest BCUT2D eigenvalue weighted by Crippen LogP contribution is -2.43. The number of nitriles is 1. The number of nitrogens with one attached hydrogen (secondary N) is 1. The van der Waals surface area contributed by atoms with E-state index in [-0.39, 0.29) is 10.8 Å². The van der Waals surface area contributed by atoms with Gasteiger partial charge in [0.05, 0.1) is 16.9 Å². The lowest BCUT2D eigenvalue weighted by atomic mass is 9.72. The summed E-state index contributed by atoms with van der Waals surface area (Å²) in [6.45, 7) is 6.00. The first kappa shape index (κ1) is 30.4. The van der Waals surface area contributed by atoms with Crippen LogP contribution in [0.25, 0.3) is 0 Å². The molecule has 1 aromatic heterocycles. The molecule has 0 bridgehead atoms. The molecular formula is C38H41N7. The third-order valence-corrected chi connectivity index (χ3v) is 9.56. The molecule has 0 amide bonds. The third kappa shape index (κ3) is 7.20. The van der Waals surface area contributed by atoms with Gasteiger partial charge in [0.1, 0.15) is 0 Å². The first-order valence-corrected chi connectivity index (χ1v) is 16.0. The van der Waals surface area contributed by atoms with Crippen LogP contribution in [0, 0.1) is 11.3 Å². The van der Waals surface area contributed by atoms with Crippen molar-refractivity contribution in [2.75, 3.05) is 26.2 Å². The molecule has 2 saturated heterocycles. The quantitative estimate of drug-likeness (QED) is 0.230. The van der Waals surface area contributed by atoms with E-state index < -0.39 is 0 Å². The van der Waals surface area contributed by atoms with Gasteiger partial charge >= 0.3 is 0 Å². The lowest BCUT2D eigenvalue weighted by molar-refractivity contribution is 0.167. The summed E-state index contributed by atoms with van der Waals surface area (Å²) in [5, 5.41) is 24.8. The first-order chi connectivity index (χ1) is 22.2. The summed E-state index contributed by atoms with van der Waals surface area (Å²) in [4.78, 5) is 4.96. The highest BCUT2D eigenvalue weighted by atomic mass is 15.5. The Bertz CT molecular complexity index is 1600. The fourth-order valence-electron chi connectivity index (χ4n) is 6.85. The highest BCUT2D eigenvalue weighted by Gasteiger charge is 2.41. The Morgan fingerprint density at radius 2 is 1.04 bits per heavy atom. The van der Waals surface area contributed by atoms with Crippen LogP contribution in [0.15, 0.2) is 121 Å². The summed E-state index contributed by atoms with van der Waals surface area (Å²) in [5.41, 5.74) is 4.74. The van der Waals surface area contributed by atoms with Crippen LogP contribution in [0.5, 0.6) is 0 Å². The standard InChI is InChI=1S/C19H21N5.C19H20N2/c1-3-7-16(8-4-1)15-24-13-11-19(12-14-24,18-20-22-23-21-18)17-9-5-2-6-10-17;20-16-19(18-9-5-2-6-10-18)11-13-21(14-12-19)15-17-7-3-1-4-8-17/h1-10H,11-15H2,(H,20,21,22,23);1-10H,11-15H2. The molecule has 2 fully saturated rings. The molecule has 7 heteroatoms. The Balaban J connectivity index is 0.000000160. The number of hydrogen-bond acceptors (Lipinski definition) is 6. The van der Waals surface area contributed by atoms with Crippen LogP contribution in [0.4, 0.5) is 0 Å². The zero-order valence-corrected chi connectivity index (χ0v) is 25.8. The van der Waals surface area contributed by atoms with Gasteiger partial charge in [0.15, 0.2) is 5.82 Å². The molecule has 0 atom stereocenters. The molecule has 0 aliphatic carbocycles. The van der Waals surface area contributed by atoms with Crippen molar-refractivity contribution in [3.05, 3.63) is 149 Å². The minimum absolute atomic E-state index is 0.137. The minimum Gasteiger partial charge on any atom is -0.299 e. The van der Waals surface area contributed by atoms with E-state index in [1.54, 1.807) is 0 Å². The lowest BCUT2D eigenvalue weighted by Gasteiger charge is -2.40. The molecule has 228 valence electrons. The summed E-state index contributed by atoms with van der Waals surface area (Å²) in [7, 11) is 0. The molecule has 4 aromatic carbocycles. The topological polar surface area (TPSA) is 84.7 Å². The number of aromatic nitrogens is 4. The average molecular weight is 596 g/mol. The van der Waals surface area contributed by atoms with Crippen molar-refractivity contribution in [2.45, 2.75) is 49.6 Å². The van der Waals surface area contributed by atoms with Crippen LogP contribution in [0.2, 0.25) is 0 Å². The van der Waals surface area contributed by atoms with Gasteiger partial charge in [-0.25, -0.2) is 0 Å². The van der Waals surface area contributed by atoms with Gasteiger partial charge in [-0.1, -0.05) is 127 Å². The van der Waals surface area contributed by atoms with Gasteiger partial charge in [-0.15, -0.1) is 10.2 Å².